The first-order valence-electron chi connectivity index (χ1n) is 7.62. The van der Waals surface area contributed by atoms with E-state index in [1.165, 1.54) is 0 Å². The van der Waals surface area contributed by atoms with Crippen molar-refractivity contribution < 1.29 is 19.1 Å². The first-order chi connectivity index (χ1) is 11.0. The molecule has 0 spiro atoms. The number of aryl methyl sites for hydroxylation is 2. The minimum absolute atomic E-state index is 0.192. The van der Waals surface area contributed by atoms with Gasteiger partial charge >= 0.3 is 11.9 Å². The molecule has 1 aromatic carbocycles. The third kappa shape index (κ3) is 3.44. The number of ether oxygens (including phenoxy) is 2. The van der Waals surface area contributed by atoms with Crippen molar-refractivity contribution in [3.63, 3.8) is 0 Å². The van der Waals surface area contributed by atoms with Crippen LogP contribution in [-0.4, -0.2) is 29.7 Å². The fraction of sp³-hybridized carbons (Fsp3) is 0.333. The Labute approximate surface area is 135 Å². The van der Waals surface area contributed by atoms with Gasteiger partial charge in [-0.1, -0.05) is 17.7 Å². The number of rotatable bonds is 5. The van der Waals surface area contributed by atoms with Crippen LogP contribution in [0.3, 0.4) is 0 Å². The molecule has 0 amide bonds. The molecule has 2 aromatic rings. The molecular formula is C18H21NO4. The van der Waals surface area contributed by atoms with Crippen LogP contribution in [0.1, 0.15) is 45.8 Å². The van der Waals surface area contributed by atoms with Crippen molar-refractivity contribution in [3.8, 4) is 5.69 Å². The monoisotopic (exact) mass is 315 g/mol. The Bertz CT molecular complexity index is 731. The van der Waals surface area contributed by atoms with E-state index in [9.17, 15) is 9.59 Å². The van der Waals surface area contributed by atoms with Gasteiger partial charge in [0.05, 0.1) is 18.8 Å². The highest BCUT2D eigenvalue weighted by molar-refractivity contribution is 6.02. The van der Waals surface area contributed by atoms with E-state index in [4.69, 9.17) is 9.47 Å². The number of carbonyl (C=O) groups is 2. The van der Waals surface area contributed by atoms with Crippen molar-refractivity contribution in [1.82, 2.24) is 4.57 Å². The van der Waals surface area contributed by atoms with Crippen LogP contribution in [0, 0.1) is 13.8 Å². The molecule has 23 heavy (non-hydrogen) atoms. The summed E-state index contributed by atoms with van der Waals surface area (Å²) in [5, 5.41) is 0. The topological polar surface area (TPSA) is 57.5 Å². The van der Waals surface area contributed by atoms with Gasteiger partial charge < -0.3 is 14.0 Å². The molecule has 0 saturated heterocycles. The molecule has 0 saturated carbocycles. The van der Waals surface area contributed by atoms with Gasteiger partial charge in [0, 0.05) is 11.9 Å². The van der Waals surface area contributed by atoms with Crippen LogP contribution in [0.25, 0.3) is 5.69 Å². The van der Waals surface area contributed by atoms with Crippen LogP contribution in [0.5, 0.6) is 0 Å². The van der Waals surface area contributed by atoms with Crippen LogP contribution in [-0.2, 0) is 9.47 Å². The Morgan fingerprint density at radius 1 is 1.00 bits per heavy atom. The van der Waals surface area contributed by atoms with Gasteiger partial charge in [-0.3, -0.25) is 0 Å². The zero-order valence-electron chi connectivity index (χ0n) is 13.9. The number of benzene rings is 1. The fourth-order valence-electron chi connectivity index (χ4n) is 2.49. The highest BCUT2D eigenvalue weighted by Crippen LogP contribution is 2.23. The van der Waals surface area contributed by atoms with Crippen LogP contribution in [0.2, 0.25) is 0 Å². The third-order valence-corrected chi connectivity index (χ3v) is 3.46. The average Bonchev–Trinajstić information content (AvgIpc) is 2.92. The summed E-state index contributed by atoms with van der Waals surface area (Å²) in [5.74, 6) is -1.07. The van der Waals surface area contributed by atoms with Crippen molar-refractivity contribution in [2.45, 2.75) is 27.7 Å². The van der Waals surface area contributed by atoms with Crippen LogP contribution < -0.4 is 0 Å². The van der Waals surface area contributed by atoms with Crippen molar-refractivity contribution in [2.24, 2.45) is 0 Å². The smallest absolute Gasteiger partial charge is 0.356 e. The lowest BCUT2D eigenvalue weighted by Crippen LogP contribution is -2.17. The van der Waals surface area contributed by atoms with Gasteiger partial charge in [-0.05, 0) is 45.4 Å². The molecule has 2 rings (SSSR count). The van der Waals surface area contributed by atoms with E-state index in [1.54, 1.807) is 30.7 Å². The predicted octanol–water partition coefficient (Wildman–Crippen LogP) is 3.45. The van der Waals surface area contributed by atoms with Gasteiger partial charge in [0.15, 0.2) is 0 Å². The third-order valence-electron chi connectivity index (χ3n) is 3.46. The van der Waals surface area contributed by atoms with E-state index in [0.717, 1.165) is 16.8 Å². The standard InChI is InChI=1S/C18H21NO4/c1-5-22-17(20)14-9-10-19(16(14)18(21)23-6-2)15-8-7-12(3)11-13(15)4/h7-11H,5-6H2,1-4H3. The van der Waals surface area contributed by atoms with E-state index in [0.29, 0.717) is 0 Å². The minimum Gasteiger partial charge on any atom is -0.462 e. The molecule has 0 bridgehead atoms. The van der Waals surface area contributed by atoms with Gasteiger partial charge in [-0.25, -0.2) is 9.59 Å². The van der Waals surface area contributed by atoms with Crippen molar-refractivity contribution in [1.29, 1.82) is 0 Å². The molecule has 1 aromatic heterocycles. The number of nitrogens with zero attached hydrogens (tertiary/aromatic N) is 1. The summed E-state index contributed by atoms with van der Waals surface area (Å²) in [5.41, 5.74) is 3.36. The molecule has 5 nitrogen and oxygen atoms in total. The first-order valence-corrected chi connectivity index (χ1v) is 7.62. The summed E-state index contributed by atoms with van der Waals surface area (Å²) in [6, 6.07) is 7.49. The second-order valence-electron chi connectivity index (χ2n) is 5.18. The predicted molar refractivity (Wildman–Crippen MR) is 87.2 cm³/mol. The van der Waals surface area contributed by atoms with E-state index in [1.807, 2.05) is 32.0 Å². The SMILES string of the molecule is CCOC(=O)c1ccn(-c2ccc(C)cc2C)c1C(=O)OCC. The quantitative estimate of drug-likeness (QED) is 0.793. The number of hydrogen-bond donors (Lipinski definition) is 0. The maximum atomic E-state index is 12.4. The number of aromatic nitrogens is 1. The largest absolute Gasteiger partial charge is 0.462 e. The van der Waals surface area contributed by atoms with Gasteiger partial charge in [0.1, 0.15) is 5.69 Å². The Morgan fingerprint density at radius 3 is 2.26 bits per heavy atom. The van der Waals surface area contributed by atoms with Gasteiger partial charge in [-0.15, -0.1) is 0 Å². The Morgan fingerprint density at radius 2 is 1.65 bits per heavy atom. The van der Waals surface area contributed by atoms with Crippen molar-refractivity contribution in [2.75, 3.05) is 13.2 Å². The van der Waals surface area contributed by atoms with E-state index in [2.05, 4.69) is 0 Å². The lowest BCUT2D eigenvalue weighted by atomic mass is 10.1. The van der Waals surface area contributed by atoms with Gasteiger partial charge in [-0.2, -0.15) is 0 Å². The molecular weight excluding hydrogens is 294 g/mol. The molecule has 0 aliphatic carbocycles. The summed E-state index contributed by atoms with van der Waals surface area (Å²) < 4.78 is 11.8. The van der Waals surface area contributed by atoms with E-state index in [-0.39, 0.29) is 24.5 Å². The molecule has 5 heteroatoms. The van der Waals surface area contributed by atoms with Crippen LogP contribution in [0.15, 0.2) is 30.5 Å². The van der Waals surface area contributed by atoms with Gasteiger partial charge in [0.25, 0.3) is 0 Å². The highest BCUT2D eigenvalue weighted by atomic mass is 16.5. The number of carbonyl (C=O) groups excluding carboxylic acids is 2. The molecule has 1 heterocycles. The van der Waals surface area contributed by atoms with Crippen LogP contribution in [0.4, 0.5) is 0 Å². The first kappa shape index (κ1) is 16.8. The molecule has 122 valence electrons. The fourth-order valence-corrected chi connectivity index (χ4v) is 2.49. The number of hydrogen-bond acceptors (Lipinski definition) is 4. The Balaban J connectivity index is 2.59. The molecule has 0 aliphatic heterocycles. The second kappa shape index (κ2) is 7.13. The molecule has 0 fully saturated rings. The zero-order chi connectivity index (χ0) is 17.0. The summed E-state index contributed by atoms with van der Waals surface area (Å²) in [7, 11) is 0. The highest BCUT2D eigenvalue weighted by Gasteiger charge is 2.25. The lowest BCUT2D eigenvalue weighted by molar-refractivity contribution is 0.0473. The molecule has 0 atom stereocenters. The maximum absolute atomic E-state index is 12.4. The summed E-state index contributed by atoms with van der Waals surface area (Å²) >= 11 is 0. The maximum Gasteiger partial charge on any atom is 0.356 e. The van der Waals surface area contributed by atoms with Crippen LogP contribution >= 0.6 is 0 Å². The lowest BCUT2D eigenvalue weighted by Gasteiger charge is -2.13. The molecule has 0 aliphatic rings. The van der Waals surface area contributed by atoms with E-state index >= 15 is 0 Å². The molecule has 0 unspecified atom stereocenters. The summed E-state index contributed by atoms with van der Waals surface area (Å²) in [4.78, 5) is 24.5. The van der Waals surface area contributed by atoms with Crippen molar-refractivity contribution >= 4 is 11.9 Å². The second-order valence-corrected chi connectivity index (χ2v) is 5.18. The van der Waals surface area contributed by atoms with Gasteiger partial charge in [0.2, 0.25) is 0 Å². The van der Waals surface area contributed by atoms with Crippen molar-refractivity contribution in [3.05, 3.63) is 52.8 Å². The summed E-state index contributed by atoms with van der Waals surface area (Å²) in [6.07, 6.45) is 1.69. The molecule has 0 N–H and O–H groups in total. The van der Waals surface area contributed by atoms with E-state index < -0.39 is 11.9 Å². The normalized spacial score (nSPS) is 10.4. The Hall–Kier alpha value is -2.56. The minimum atomic E-state index is -0.541. The molecule has 0 radical (unpaired) electrons. The Kier molecular flexibility index (Phi) is 5.21. The average molecular weight is 315 g/mol. The summed E-state index contributed by atoms with van der Waals surface area (Å²) in [6.45, 7) is 7.90. The zero-order valence-corrected chi connectivity index (χ0v) is 13.9. The number of esters is 2.